The number of nitriles is 1. The average Bonchev–Trinajstić information content (AvgIpc) is 2.93. The van der Waals surface area contributed by atoms with Crippen LogP contribution in [0.2, 0.25) is 0 Å². The number of benzene rings is 1. The van der Waals surface area contributed by atoms with E-state index < -0.39 is 0 Å². The molecule has 0 aliphatic carbocycles. The number of thiophene rings is 1. The lowest BCUT2D eigenvalue weighted by Crippen LogP contribution is -2.08. The third kappa shape index (κ3) is 3.16. The van der Waals surface area contributed by atoms with Crippen LogP contribution >= 0.6 is 11.3 Å². The molecular formula is C15H14N2O2S. The molecule has 2 rings (SSSR count). The number of nitrogens with zero attached hydrogens (tertiary/aromatic N) is 1. The second-order valence-corrected chi connectivity index (χ2v) is 5.44. The van der Waals surface area contributed by atoms with Gasteiger partial charge in [-0.25, -0.2) is 4.79 Å². The number of carbonyl (C=O) groups excluding carboxylic acids is 1. The number of ether oxygens (including phenoxy) is 1. The second kappa shape index (κ2) is 6.22. The van der Waals surface area contributed by atoms with Crippen molar-refractivity contribution < 1.29 is 9.53 Å². The van der Waals surface area contributed by atoms with E-state index in [-0.39, 0.29) is 5.97 Å². The molecule has 0 amide bonds. The van der Waals surface area contributed by atoms with E-state index in [1.54, 1.807) is 12.1 Å². The van der Waals surface area contributed by atoms with Crippen LogP contribution in [0.3, 0.4) is 0 Å². The summed E-state index contributed by atoms with van der Waals surface area (Å²) in [6.45, 7) is 2.49. The molecule has 0 atom stereocenters. The third-order valence-corrected chi connectivity index (χ3v) is 3.80. The molecule has 0 bridgehead atoms. The molecule has 1 aromatic heterocycles. The lowest BCUT2D eigenvalue weighted by molar-refractivity contribution is 0.0601. The quantitative estimate of drug-likeness (QED) is 0.876. The first-order valence-electron chi connectivity index (χ1n) is 6.05. The fourth-order valence-electron chi connectivity index (χ4n) is 1.81. The Kier molecular flexibility index (Phi) is 4.38. The number of hydrogen-bond acceptors (Lipinski definition) is 5. The molecule has 0 fully saturated rings. The van der Waals surface area contributed by atoms with Crippen molar-refractivity contribution in [1.82, 2.24) is 0 Å². The van der Waals surface area contributed by atoms with Crippen LogP contribution < -0.4 is 5.32 Å². The summed E-state index contributed by atoms with van der Waals surface area (Å²) in [6.07, 6.45) is 0. The fourth-order valence-corrected chi connectivity index (χ4v) is 2.55. The zero-order valence-corrected chi connectivity index (χ0v) is 12.1. The minimum absolute atomic E-state index is 0.361. The second-order valence-electron chi connectivity index (χ2n) is 4.27. The Hall–Kier alpha value is -2.32. The first-order chi connectivity index (χ1) is 9.63. The van der Waals surface area contributed by atoms with Gasteiger partial charge in [-0.3, -0.25) is 0 Å². The van der Waals surface area contributed by atoms with Crippen LogP contribution in [0.25, 0.3) is 0 Å². The lowest BCUT2D eigenvalue weighted by atomic mass is 10.1. The number of esters is 1. The van der Waals surface area contributed by atoms with Crippen LogP contribution in [-0.2, 0) is 11.3 Å². The number of hydrogen-bond donors (Lipinski definition) is 1. The highest BCUT2D eigenvalue weighted by atomic mass is 32.1. The van der Waals surface area contributed by atoms with Gasteiger partial charge in [0.1, 0.15) is 10.9 Å². The first-order valence-corrected chi connectivity index (χ1v) is 6.87. The maximum atomic E-state index is 11.7. The highest BCUT2D eigenvalue weighted by molar-refractivity contribution is 7.12. The fraction of sp³-hybridized carbons (Fsp3) is 0.200. The summed E-state index contributed by atoms with van der Waals surface area (Å²) in [6, 6.07) is 11.4. The summed E-state index contributed by atoms with van der Waals surface area (Å²) >= 11 is 1.44. The van der Waals surface area contributed by atoms with E-state index in [4.69, 9.17) is 10.00 Å². The standard InChI is InChI=1S/C15H14N2O2S/c1-10-3-6-14(13(7-10)15(18)19-2)17-9-12-5-4-11(8-16)20-12/h3-7,17H,9H2,1-2H3. The van der Waals surface area contributed by atoms with Gasteiger partial charge in [-0.05, 0) is 31.2 Å². The molecule has 1 aromatic carbocycles. The number of methoxy groups -OCH3 is 1. The number of nitrogens with one attached hydrogen (secondary N) is 1. The van der Waals surface area contributed by atoms with E-state index in [9.17, 15) is 4.79 Å². The minimum atomic E-state index is -0.361. The molecule has 0 spiro atoms. The highest BCUT2D eigenvalue weighted by Gasteiger charge is 2.12. The van der Waals surface area contributed by atoms with Gasteiger partial charge in [-0.2, -0.15) is 5.26 Å². The van der Waals surface area contributed by atoms with E-state index in [1.165, 1.54) is 18.4 Å². The number of rotatable bonds is 4. The van der Waals surface area contributed by atoms with Crippen molar-refractivity contribution >= 4 is 23.0 Å². The van der Waals surface area contributed by atoms with E-state index in [0.717, 1.165) is 16.1 Å². The Morgan fingerprint density at radius 3 is 2.85 bits per heavy atom. The maximum absolute atomic E-state index is 11.7. The number of aryl methyl sites for hydroxylation is 1. The van der Waals surface area contributed by atoms with Crippen LogP contribution in [0.15, 0.2) is 30.3 Å². The lowest BCUT2D eigenvalue weighted by Gasteiger charge is -2.10. The molecule has 0 saturated heterocycles. The molecule has 0 radical (unpaired) electrons. The molecule has 0 saturated carbocycles. The van der Waals surface area contributed by atoms with Gasteiger partial charge in [0.25, 0.3) is 0 Å². The first kappa shape index (κ1) is 14.1. The van der Waals surface area contributed by atoms with Crippen molar-refractivity contribution in [3.8, 4) is 6.07 Å². The van der Waals surface area contributed by atoms with Crippen molar-refractivity contribution in [1.29, 1.82) is 5.26 Å². The predicted molar refractivity (Wildman–Crippen MR) is 78.9 cm³/mol. The van der Waals surface area contributed by atoms with Gasteiger partial charge in [-0.15, -0.1) is 11.3 Å². The van der Waals surface area contributed by atoms with Crippen LogP contribution in [-0.4, -0.2) is 13.1 Å². The average molecular weight is 286 g/mol. The largest absolute Gasteiger partial charge is 0.465 e. The van der Waals surface area contributed by atoms with Gasteiger partial charge >= 0.3 is 5.97 Å². The van der Waals surface area contributed by atoms with Crippen molar-refractivity contribution in [2.24, 2.45) is 0 Å². The summed E-state index contributed by atoms with van der Waals surface area (Å²) in [5, 5.41) is 12.0. The van der Waals surface area contributed by atoms with E-state index in [1.807, 2.05) is 25.1 Å². The topological polar surface area (TPSA) is 62.1 Å². The van der Waals surface area contributed by atoms with Crippen molar-refractivity contribution in [2.45, 2.75) is 13.5 Å². The highest BCUT2D eigenvalue weighted by Crippen LogP contribution is 2.21. The molecule has 1 N–H and O–H groups in total. The summed E-state index contributed by atoms with van der Waals surface area (Å²) in [7, 11) is 1.37. The van der Waals surface area contributed by atoms with Crippen LogP contribution in [0, 0.1) is 18.3 Å². The Balaban J connectivity index is 2.17. The molecule has 102 valence electrons. The van der Waals surface area contributed by atoms with Gasteiger partial charge in [-0.1, -0.05) is 11.6 Å². The monoisotopic (exact) mass is 286 g/mol. The van der Waals surface area contributed by atoms with Crippen LogP contribution in [0.1, 0.15) is 25.7 Å². The molecule has 20 heavy (non-hydrogen) atoms. The van der Waals surface area contributed by atoms with Crippen LogP contribution in [0.4, 0.5) is 5.69 Å². The van der Waals surface area contributed by atoms with E-state index >= 15 is 0 Å². The van der Waals surface area contributed by atoms with Gasteiger partial charge in [0.05, 0.1) is 12.7 Å². The van der Waals surface area contributed by atoms with Crippen LogP contribution in [0.5, 0.6) is 0 Å². The number of anilines is 1. The minimum Gasteiger partial charge on any atom is -0.465 e. The van der Waals surface area contributed by atoms with E-state index in [0.29, 0.717) is 17.0 Å². The number of carbonyl (C=O) groups is 1. The molecule has 1 heterocycles. The smallest absolute Gasteiger partial charge is 0.339 e. The zero-order chi connectivity index (χ0) is 14.5. The van der Waals surface area contributed by atoms with Gasteiger partial charge in [0.2, 0.25) is 0 Å². The molecular weight excluding hydrogens is 272 g/mol. The maximum Gasteiger partial charge on any atom is 0.339 e. The molecule has 5 heteroatoms. The SMILES string of the molecule is COC(=O)c1cc(C)ccc1NCc1ccc(C#N)s1. The molecule has 0 unspecified atom stereocenters. The Labute approximate surface area is 121 Å². The van der Waals surface area contributed by atoms with Crippen molar-refractivity contribution in [3.63, 3.8) is 0 Å². The summed E-state index contributed by atoms with van der Waals surface area (Å²) in [4.78, 5) is 13.5. The van der Waals surface area contributed by atoms with Gasteiger partial charge < -0.3 is 10.1 Å². The van der Waals surface area contributed by atoms with Crippen molar-refractivity contribution in [2.75, 3.05) is 12.4 Å². The van der Waals surface area contributed by atoms with E-state index in [2.05, 4.69) is 11.4 Å². The molecule has 4 nitrogen and oxygen atoms in total. The summed E-state index contributed by atoms with van der Waals surface area (Å²) < 4.78 is 4.79. The molecule has 0 aliphatic rings. The molecule has 0 aliphatic heterocycles. The molecule has 2 aromatic rings. The summed E-state index contributed by atoms with van der Waals surface area (Å²) in [5.41, 5.74) is 2.25. The third-order valence-electron chi connectivity index (χ3n) is 2.81. The summed E-state index contributed by atoms with van der Waals surface area (Å²) in [5.74, 6) is -0.361. The van der Waals surface area contributed by atoms with Crippen molar-refractivity contribution in [3.05, 3.63) is 51.2 Å². The Bertz CT molecular complexity index is 671. The van der Waals surface area contributed by atoms with Gasteiger partial charge in [0.15, 0.2) is 0 Å². The normalized spacial score (nSPS) is 9.85. The Morgan fingerprint density at radius 1 is 1.40 bits per heavy atom. The van der Waals surface area contributed by atoms with Gasteiger partial charge in [0, 0.05) is 17.1 Å². The predicted octanol–water partition coefficient (Wildman–Crippen LogP) is 3.33. The Morgan fingerprint density at radius 2 is 2.20 bits per heavy atom. The zero-order valence-electron chi connectivity index (χ0n) is 11.3.